The number of sulfone groups is 1. The van der Waals surface area contributed by atoms with Gasteiger partial charge in [-0.25, -0.2) is 8.42 Å². The Morgan fingerprint density at radius 1 is 1.03 bits per heavy atom. The highest BCUT2D eigenvalue weighted by molar-refractivity contribution is 7.90. The molecule has 3 rings (SSSR count). The van der Waals surface area contributed by atoms with Crippen LogP contribution in [0.2, 0.25) is 0 Å². The van der Waals surface area contributed by atoms with Gasteiger partial charge in [0.2, 0.25) is 5.91 Å². The van der Waals surface area contributed by atoms with E-state index in [1.165, 1.54) is 12.1 Å². The van der Waals surface area contributed by atoms with Crippen LogP contribution in [-0.4, -0.2) is 49.1 Å². The smallest absolute Gasteiger partial charge is 0.262 e. The quantitative estimate of drug-likeness (QED) is 0.731. The van der Waals surface area contributed by atoms with E-state index < -0.39 is 33.6 Å². The molecule has 1 atom stereocenters. The maximum atomic E-state index is 13.1. The van der Waals surface area contributed by atoms with Gasteiger partial charge in [0.05, 0.1) is 16.9 Å². The molecule has 152 valence electrons. The zero-order valence-corrected chi connectivity index (χ0v) is 17.2. The summed E-state index contributed by atoms with van der Waals surface area (Å²) in [6.45, 7) is 3.70. The number of imide groups is 1. The molecule has 0 aliphatic carbocycles. The average Bonchev–Trinajstić information content (AvgIpc) is 2.89. The molecule has 0 saturated carbocycles. The number of carbonyl (C=O) groups is 3. The summed E-state index contributed by atoms with van der Waals surface area (Å²) in [5, 5.41) is 2.75. The molecule has 3 amide bonds. The summed E-state index contributed by atoms with van der Waals surface area (Å²) in [7, 11) is -3.40. The lowest BCUT2D eigenvalue weighted by atomic mass is 10.1. The molecule has 1 aliphatic rings. The largest absolute Gasteiger partial charge is 0.324 e. The van der Waals surface area contributed by atoms with Crippen LogP contribution in [0.5, 0.6) is 0 Å². The number of benzene rings is 2. The molecule has 7 nitrogen and oxygen atoms in total. The SMILES string of the molecule is Cc1ccc(C)c(NC(=O)[C@H](CCS(C)(=O)=O)N2C(=O)c3ccccc3C2=O)c1. The summed E-state index contributed by atoms with van der Waals surface area (Å²) in [5.41, 5.74) is 2.71. The molecule has 29 heavy (non-hydrogen) atoms. The van der Waals surface area contributed by atoms with Crippen molar-refractivity contribution in [2.24, 2.45) is 0 Å². The van der Waals surface area contributed by atoms with E-state index in [0.29, 0.717) is 5.69 Å². The molecule has 1 N–H and O–H groups in total. The lowest BCUT2D eigenvalue weighted by Gasteiger charge is -2.25. The number of fused-ring (bicyclic) bond motifs is 1. The normalized spacial score (nSPS) is 14.7. The predicted octanol–water partition coefficient (Wildman–Crippen LogP) is 2.34. The Hall–Kier alpha value is -3.00. The van der Waals surface area contributed by atoms with E-state index in [0.717, 1.165) is 22.3 Å². The van der Waals surface area contributed by atoms with Crippen molar-refractivity contribution in [2.45, 2.75) is 26.3 Å². The third-order valence-corrected chi connectivity index (χ3v) is 5.83. The van der Waals surface area contributed by atoms with E-state index in [2.05, 4.69) is 5.32 Å². The van der Waals surface area contributed by atoms with Gasteiger partial charge in [-0.15, -0.1) is 0 Å². The Labute approximate surface area is 169 Å². The minimum absolute atomic E-state index is 0.180. The highest BCUT2D eigenvalue weighted by Gasteiger charge is 2.42. The molecular formula is C21H22N2O5S. The molecule has 0 spiro atoms. The van der Waals surface area contributed by atoms with Gasteiger partial charge in [-0.2, -0.15) is 0 Å². The van der Waals surface area contributed by atoms with E-state index in [1.807, 2.05) is 26.0 Å². The lowest BCUT2D eigenvalue weighted by Crippen LogP contribution is -2.48. The van der Waals surface area contributed by atoms with Gasteiger partial charge < -0.3 is 5.32 Å². The predicted molar refractivity (Wildman–Crippen MR) is 110 cm³/mol. The Bertz CT molecular complexity index is 1070. The van der Waals surface area contributed by atoms with Crippen LogP contribution in [0.15, 0.2) is 42.5 Å². The first-order valence-corrected chi connectivity index (χ1v) is 11.2. The van der Waals surface area contributed by atoms with Gasteiger partial charge in [0.15, 0.2) is 0 Å². The van der Waals surface area contributed by atoms with Gasteiger partial charge in [0.25, 0.3) is 11.8 Å². The molecule has 0 saturated heterocycles. The first kappa shape index (κ1) is 20.7. The van der Waals surface area contributed by atoms with Crippen molar-refractivity contribution in [3.05, 3.63) is 64.7 Å². The van der Waals surface area contributed by atoms with E-state index in [-0.39, 0.29) is 23.3 Å². The molecule has 2 aromatic rings. The monoisotopic (exact) mass is 414 g/mol. The Kier molecular flexibility index (Phi) is 5.57. The first-order chi connectivity index (χ1) is 13.6. The van der Waals surface area contributed by atoms with Crippen molar-refractivity contribution < 1.29 is 22.8 Å². The molecule has 2 aromatic carbocycles. The van der Waals surface area contributed by atoms with Crippen molar-refractivity contribution in [1.82, 2.24) is 4.90 Å². The summed E-state index contributed by atoms with van der Waals surface area (Å²) in [4.78, 5) is 39.6. The van der Waals surface area contributed by atoms with Crippen LogP contribution in [0, 0.1) is 13.8 Å². The highest BCUT2D eigenvalue weighted by atomic mass is 32.2. The molecule has 1 aliphatic heterocycles. The van der Waals surface area contributed by atoms with Crippen LogP contribution in [0.25, 0.3) is 0 Å². The Balaban J connectivity index is 1.95. The minimum atomic E-state index is -3.40. The summed E-state index contributed by atoms with van der Waals surface area (Å²) < 4.78 is 23.4. The van der Waals surface area contributed by atoms with Crippen LogP contribution in [0.3, 0.4) is 0 Å². The number of carbonyl (C=O) groups excluding carboxylic acids is 3. The van der Waals surface area contributed by atoms with E-state index in [1.54, 1.807) is 18.2 Å². The van der Waals surface area contributed by atoms with E-state index in [9.17, 15) is 22.8 Å². The van der Waals surface area contributed by atoms with Crippen molar-refractivity contribution in [3.8, 4) is 0 Å². The maximum absolute atomic E-state index is 13.1. The standard InChI is InChI=1S/C21H22N2O5S/c1-13-8-9-14(2)17(12-13)22-19(24)18(10-11-29(3,27)28)23-20(25)15-6-4-5-7-16(15)21(23)26/h4-9,12,18H,10-11H2,1-3H3,(H,22,24)/t18-/m0/s1. The third kappa shape index (κ3) is 4.37. The van der Waals surface area contributed by atoms with Crippen molar-refractivity contribution in [2.75, 3.05) is 17.3 Å². The fourth-order valence-electron chi connectivity index (χ4n) is 3.28. The molecule has 0 unspecified atom stereocenters. The molecule has 0 bridgehead atoms. The summed E-state index contributed by atoms with van der Waals surface area (Å²) in [6, 6.07) is 10.6. The zero-order chi connectivity index (χ0) is 21.3. The summed E-state index contributed by atoms with van der Waals surface area (Å²) in [5.74, 6) is -2.12. The van der Waals surface area contributed by atoms with Gasteiger partial charge >= 0.3 is 0 Å². The van der Waals surface area contributed by atoms with Crippen LogP contribution in [0.4, 0.5) is 5.69 Å². The number of aryl methyl sites for hydroxylation is 2. The first-order valence-electron chi connectivity index (χ1n) is 9.11. The van der Waals surface area contributed by atoms with Crippen molar-refractivity contribution >= 4 is 33.2 Å². The van der Waals surface area contributed by atoms with Gasteiger partial charge in [0, 0.05) is 11.9 Å². The molecule has 0 radical (unpaired) electrons. The fraction of sp³-hybridized carbons (Fsp3) is 0.286. The number of amides is 3. The number of nitrogens with one attached hydrogen (secondary N) is 1. The summed E-state index contributed by atoms with van der Waals surface area (Å²) >= 11 is 0. The zero-order valence-electron chi connectivity index (χ0n) is 16.4. The average molecular weight is 414 g/mol. The maximum Gasteiger partial charge on any atom is 0.262 e. The van der Waals surface area contributed by atoms with Crippen LogP contribution >= 0.6 is 0 Å². The molecule has 0 aromatic heterocycles. The van der Waals surface area contributed by atoms with Crippen LogP contribution < -0.4 is 5.32 Å². The number of hydrogen-bond acceptors (Lipinski definition) is 5. The van der Waals surface area contributed by atoms with Gasteiger partial charge in [-0.05, 0) is 49.6 Å². The Morgan fingerprint density at radius 3 is 2.17 bits per heavy atom. The summed E-state index contributed by atoms with van der Waals surface area (Å²) in [6.07, 6.45) is 0.871. The number of anilines is 1. The molecule has 1 heterocycles. The third-order valence-electron chi connectivity index (χ3n) is 4.85. The minimum Gasteiger partial charge on any atom is -0.324 e. The lowest BCUT2D eigenvalue weighted by molar-refractivity contribution is -0.120. The number of rotatable bonds is 6. The topological polar surface area (TPSA) is 101 Å². The van der Waals surface area contributed by atoms with E-state index in [4.69, 9.17) is 0 Å². The number of nitrogens with zero attached hydrogens (tertiary/aromatic N) is 1. The highest BCUT2D eigenvalue weighted by Crippen LogP contribution is 2.27. The van der Waals surface area contributed by atoms with Crippen molar-refractivity contribution in [1.29, 1.82) is 0 Å². The van der Waals surface area contributed by atoms with Gasteiger partial charge in [-0.1, -0.05) is 24.3 Å². The second-order valence-corrected chi connectivity index (χ2v) is 9.53. The molecule has 8 heteroatoms. The fourth-order valence-corrected chi connectivity index (χ4v) is 3.93. The van der Waals surface area contributed by atoms with Crippen LogP contribution in [0.1, 0.15) is 38.3 Å². The second kappa shape index (κ2) is 7.79. The molecular weight excluding hydrogens is 392 g/mol. The second-order valence-electron chi connectivity index (χ2n) is 7.27. The van der Waals surface area contributed by atoms with Gasteiger partial charge in [0.1, 0.15) is 15.9 Å². The molecule has 0 fully saturated rings. The number of hydrogen-bond donors (Lipinski definition) is 1. The van der Waals surface area contributed by atoms with Crippen molar-refractivity contribution in [3.63, 3.8) is 0 Å². The van der Waals surface area contributed by atoms with Crippen LogP contribution in [-0.2, 0) is 14.6 Å². The Morgan fingerprint density at radius 2 is 1.62 bits per heavy atom. The van der Waals surface area contributed by atoms with E-state index >= 15 is 0 Å². The van der Waals surface area contributed by atoms with Gasteiger partial charge in [-0.3, -0.25) is 19.3 Å².